The molecule has 0 aliphatic carbocycles. The lowest BCUT2D eigenvalue weighted by Gasteiger charge is -2.17. The minimum atomic E-state index is -0.169. The zero-order chi connectivity index (χ0) is 19.4. The molecule has 1 unspecified atom stereocenters. The third-order valence-electron chi connectivity index (χ3n) is 4.40. The number of nitrogens with two attached hydrogens (primary N) is 1. The molecule has 0 spiro atoms. The number of anilines is 1. The van der Waals surface area contributed by atoms with Gasteiger partial charge in [-0.1, -0.05) is 12.1 Å². The van der Waals surface area contributed by atoms with E-state index in [0.29, 0.717) is 18.1 Å². The topological polar surface area (TPSA) is 113 Å². The number of H-pyrrole nitrogens is 1. The Balaban J connectivity index is 2.03. The molecule has 0 radical (unpaired) electrons. The van der Waals surface area contributed by atoms with Gasteiger partial charge in [0.1, 0.15) is 11.5 Å². The lowest BCUT2D eigenvalue weighted by atomic mass is 9.89. The van der Waals surface area contributed by atoms with Gasteiger partial charge in [0.05, 0.1) is 24.8 Å². The van der Waals surface area contributed by atoms with Crippen molar-refractivity contribution in [1.82, 2.24) is 9.97 Å². The number of aromatic amines is 1. The van der Waals surface area contributed by atoms with Crippen LogP contribution in [0.15, 0.2) is 48.7 Å². The van der Waals surface area contributed by atoms with Crippen molar-refractivity contribution in [1.29, 1.82) is 0 Å². The lowest BCUT2D eigenvalue weighted by molar-refractivity contribution is -0.729. The predicted molar refractivity (Wildman–Crippen MR) is 99.6 cm³/mol. The summed E-state index contributed by atoms with van der Waals surface area (Å²) in [6, 6.07) is 12.4. The molecule has 8 nitrogen and oxygen atoms in total. The Hall–Kier alpha value is -3.55. The second-order valence-electron chi connectivity index (χ2n) is 6.01. The number of rotatable bonds is 7. The van der Waals surface area contributed by atoms with Gasteiger partial charge in [-0.25, -0.2) is 10.2 Å². The molecule has 2 aromatic carbocycles. The first-order chi connectivity index (χ1) is 13.0. The van der Waals surface area contributed by atoms with E-state index < -0.39 is 0 Å². The number of imidazole rings is 1. The molecule has 140 valence electrons. The zero-order valence-corrected chi connectivity index (χ0v) is 15.0. The second kappa shape index (κ2) is 7.77. The SMILES string of the molecule is COc1ccc(C(Cc2cc([N+](=O)O)ccc2OC)c2c[nH]c(N)n2)cc1. The maximum atomic E-state index is 11.3. The quantitative estimate of drug-likeness (QED) is 0.551. The first kappa shape index (κ1) is 18.2. The highest BCUT2D eigenvalue weighted by Crippen LogP contribution is 2.33. The van der Waals surface area contributed by atoms with Gasteiger partial charge >= 0.3 is 5.69 Å². The van der Waals surface area contributed by atoms with Crippen molar-refractivity contribution >= 4 is 11.6 Å². The fraction of sp³-hybridized carbons (Fsp3) is 0.211. The van der Waals surface area contributed by atoms with Crippen LogP contribution in [0.25, 0.3) is 0 Å². The monoisotopic (exact) mass is 369 g/mol. The van der Waals surface area contributed by atoms with E-state index >= 15 is 0 Å². The minimum absolute atomic E-state index is 0.126. The molecule has 1 aromatic heterocycles. The van der Waals surface area contributed by atoms with Gasteiger partial charge in [0.2, 0.25) is 0 Å². The molecule has 0 aliphatic rings. The van der Waals surface area contributed by atoms with E-state index in [9.17, 15) is 10.1 Å². The van der Waals surface area contributed by atoms with Crippen LogP contribution < -0.4 is 15.2 Å². The van der Waals surface area contributed by atoms with E-state index in [1.807, 2.05) is 24.3 Å². The number of nitrogen functional groups attached to an aromatic ring is 1. The summed E-state index contributed by atoms with van der Waals surface area (Å²) in [5.41, 5.74) is 8.40. The van der Waals surface area contributed by atoms with Crippen molar-refractivity contribution < 1.29 is 19.6 Å². The van der Waals surface area contributed by atoms with Gasteiger partial charge in [0.25, 0.3) is 4.92 Å². The van der Waals surface area contributed by atoms with Crippen LogP contribution >= 0.6 is 0 Å². The Bertz CT molecular complexity index is 937. The van der Waals surface area contributed by atoms with Crippen molar-refractivity contribution in [2.45, 2.75) is 12.3 Å². The van der Waals surface area contributed by atoms with Crippen LogP contribution in [-0.4, -0.2) is 34.3 Å². The van der Waals surface area contributed by atoms with E-state index in [0.717, 1.165) is 22.6 Å². The van der Waals surface area contributed by atoms with Crippen LogP contribution in [0.1, 0.15) is 22.7 Å². The molecule has 0 fully saturated rings. The summed E-state index contributed by atoms with van der Waals surface area (Å²) in [4.78, 5) is 18.4. The van der Waals surface area contributed by atoms with Crippen LogP contribution in [0.4, 0.5) is 11.6 Å². The molecule has 0 amide bonds. The van der Waals surface area contributed by atoms with Gasteiger partial charge in [0, 0.05) is 29.8 Å². The highest BCUT2D eigenvalue weighted by molar-refractivity contribution is 5.46. The normalized spacial score (nSPS) is 11.8. The van der Waals surface area contributed by atoms with Gasteiger partial charge in [-0.05, 0) is 30.2 Å². The molecule has 0 aliphatic heterocycles. The van der Waals surface area contributed by atoms with Gasteiger partial charge in [-0.2, -0.15) is 0 Å². The number of hydrogen-bond acceptors (Lipinski definition) is 5. The maximum absolute atomic E-state index is 11.3. The maximum Gasteiger partial charge on any atom is 0.317 e. The average molecular weight is 369 g/mol. The van der Waals surface area contributed by atoms with Crippen molar-refractivity contribution in [2.75, 3.05) is 20.0 Å². The molecule has 3 rings (SSSR count). The summed E-state index contributed by atoms with van der Waals surface area (Å²) < 4.78 is 10.6. The van der Waals surface area contributed by atoms with Crippen LogP contribution in [0.2, 0.25) is 0 Å². The molecule has 27 heavy (non-hydrogen) atoms. The van der Waals surface area contributed by atoms with Gasteiger partial charge in [0.15, 0.2) is 5.95 Å². The molecule has 0 bridgehead atoms. The highest BCUT2D eigenvalue weighted by atomic mass is 16.6. The first-order valence-electron chi connectivity index (χ1n) is 8.29. The molecule has 8 heteroatoms. The molecule has 1 atom stereocenters. The highest BCUT2D eigenvalue weighted by Gasteiger charge is 2.22. The first-order valence-corrected chi connectivity index (χ1v) is 8.29. The van der Waals surface area contributed by atoms with Crippen LogP contribution in [0.3, 0.4) is 0 Å². The van der Waals surface area contributed by atoms with Gasteiger partial charge in [-0.3, -0.25) is 0 Å². The van der Waals surface area contributed by atoms with Crippen LogP contribution in [0, 0.1) is 4.91 Å². The number of aromatic nitrogens is 2. The molecule has 0 saturated carbocycles. The standard InChI is InChI=1S/C19H21N4O4/c1-26-15-6-3-12(4-7-15)16(17-11-21-19(20)22-17)10-13-9-14(23(24)25)5-8-18(13)27-2/h3-9,11,16H,10H2,1-2H3,(H,24,25)(H3,20,21,22)/q+1. The smallest absolute Gasteiger partial charge is 0.317 e. The van der Waals surface area contributed by atoms with Gasteiger partial charge in [-0.15, -0.1) is 0 Å². The summed E-state index contributed by atoms with van der Waals surface area (Å²) in [7, 11) is 3.17. The number of benzene rings is 2. The number of ether oxygens (including phenoxy) is 2. The fourth-order valence-corrected chi connectivity index (χ4v) is 3.02. The average Bonchev–Trinajstić information content (AvgIpc) is 3.12. The third-order valence-corrected chi connectivity index (χ3v) is 4.40. The van der Waals surface area contributed by atoms with Crippen molar-refractivity contribution in [3.63, 3.8) is 0 Å². The summed E-state index contributed by atoms with van der Waals surface area (Å²) in [5.74, 6) is 1.54. The zero-order valence-electron chi connectivity index (χ0n) is 15.0. The molecule has 3 aromatic rings. The molecule has 4 N–H and O–H groups in total. The largest absolute Gasteiger partial charge is 0.497 e. The summed E-state index contributed by atoms with van der Waals surface area (Å²) in [6.07, 6.45) is 2.24. The van der Waals surface area contributed by atoms with Crippen LogP contribution in [0.5, 0.6) is 11.5 Å². The molecular weight excluding hydrogens is 348 g/mol. The van der Waals surface area contributed by atoms with E-state index in [-0.39, 0.29) is 16.5 Å². The summed E-state index contributed by atoms with van der Waals surface area (Å²) in [6.45, 7) is 0. The number of nitrogens with one attached hydrogen (secondary N) is 1. The third kappa shape index (κ3) is 4.00. The van der Waals surface area contributed by atoms with Gasteiger partial charge < -0.3 is 20.2 Å². The van der Waals surface area contributed by atoms with Crippen molar-refractivity contribution in [2.24, 2.45) is 0 Å². The Morgan fingerprint density at radius 3 is 2.48 bits per heavy atom. The Morgan fingerprint density at radius 1 is 1.19 bits per heavy atom. The summed E-state index contributed by atoms with van der Waals surface area (Å²) in [5, 5.41) is 9.23. The molecule has 1 heterocycles. The fourth-order valence-electron chi connectivity index (χ4n) is 3.02. The van der Waals surface area contributed by atoms with Crippen molar-refractivity contribution in [3.05, 3.63) is 70.4 Å². The van der Waals surface area contributed by atoms with E-state index in [4.69, 9.17) is 15.2 Å². The number of nitrogens with zero attached hydrogens (tertiary/aromatic N) is 2. The molecular formula is C19H21N4O4+. The Labute approximate surface area is 156 Å². The molecule has 0 saturated heterocycles. The Kier molecular flexibility index (Phi) is 5.25. The van der Waals surface area contributed by atoms with Crippen molar-refractivity contribution in [3.8, 4) is 11.5 Å². The lowest BCUT2D eigenvalue weighted by Crippen LogP contribution is -2.08. The van der Waals surface area contributed by atoms with E-state index in [2.05, 4.69) is 9.97 Å². The Morgan fingerprint density at radius 2 is 1.93 bits per heavy atom. The van der Waals surface area contributed by atoms with E-state index in [1.54, 1.807) is 32.5 Å². The number of methoxy groups -OCH3 is 2. The predicted octanol–water partition coefficient (Wildman–Crippen LogP) is 3.18. The number of hydrogen-bond donors (Lipinski definition) is 3. The minimum Gasteiger partial charge on any atom is -0.497 e. The second-order valence-corrected chi connectivity index (χ2v) is 6.01. The summed E-state index contributed by atoms with van der Waals surface area (Å²) >= 11 is 0. The van der Waals surface area contributed by atoms with Crippen LogP contribution in [-0.2, 0) is 6.42 Å². The van der Waals surface area contributed by atoms with E-state index in [1.165, 1.54) is 6.07 Å².